The number of aromatic nitrogens is 1. The van der Waals surface area contributed by atoms with Gasteiger partial charge in [-0.1, -0.05) is 0 Å². The van der Waals surface area contributed by atoms with Crippen LogP contribution in [0.25, 0.3) is 0 Å². The Labute approximate surface area is 211 Å². The fraction of sp³-hybridized carbons (Fsp3) is 0.476. The highest BCUT2D eigenvalue weighted by atomic mass is 32.1. The molecule has 1 fully saturated rings. The number of thiocarbonyl (C=S) groups is 1. The number of hydrazine groups is 1. The van der Waals surface area contributed by atoms with Gasteiger partial charge in [0.1, 0.15) is 12.7 Å². The highest BCUT2D eigenvalue weighted by Crippen LogP contribution is 2.28. The molecule has 36 heavy (non-hydrogen) atoms. The number of carbonyl (C=O) groups excluding carboxylic acids is 5. The maximum absolute atomic E-state index is 12.2. The van der Waals surface area contributed by atoms with Crippen molar-refractivity contribution < 1.29 is 47.7 Å². The summed E-state index contributed by atoms with van der Waals surface area (Å²) in [5.41, 5.74) is 5.13. The summed E-state index contributed by atoms with van der Waals surface area (Å²) in [6, 6.07) is 2.96. The number of nitrogens with zero attached hydrogens (tertiary/aromatic N) is 1. The molecule has 2 rings (SSSR count). The highest BCUT2D eigenvalue weighted by molar-refractivity contribution is 7.80. The summed E-state index contributed by atoms with van der Waals surface area (Å²) in [4.78, 5) is 62.9. The maximum Gasteiger partial charge on any atom is 0.303 e. The van der Waals surface area contributed by atoms with E-state index in [2.05, 4.69) is 21.2 Å². The van der Waals surface area contributed by atoms with E-state index in [1.807, 2.05) is 0 Å². The Kier molecular flexibility index (Phi) is 10.5. The van der Waals surface area contributed by atoms with Crippen molar-refractivity contribution in [1.82, 2.24) is 21.2 Å². The molecule has 1 amide bonds. The predicted octanol–water partition coefficient (Wildman–Crippen LogP) is -0.726. The Morgan fingerprint density at radius 3 is 1.97 bits per heavy atom. The molecule has 0 radical (unpaired) electrons. The number of ether oxygens (including phenoxy) is 5. The number of rotatable bonds is 7. The zero-order chi connectivity index (χ0) is 26.8. The number of hydrogen-bond donors (Lipinski definition) is 3. The lowest BCUT2D eigenvalue weighted by Gasteiger charge is -2.44. The van der Waals surface area contributed by atoms with E-state index in [1.54, 1.807) is 0 Å². The number of nitrogens with one attached hydrogen (secondary N) is 3. The highest BCUT2D eigenvalue weighted by Gasteiger charge is 2.52. The molecular formula is C21H26N4O10S. The molecule has 1 aromatic rings. The molecule has 1 aliphatic heterocycles. The van der Waals surface area contributed by atoms with Gasteiger partial charge in [0.15, 0.2) is 29.7 Å². The van der Waals surface area contributed by atoms with Crippen LogP contribution in [0.5, 0.6) is 0 Å². The first-order valence-corrected chi connectivity index (χ1v) is 11.0. The summed E-state index contributed by atoms with van der Waals surface area (Å²) in [6.07, 6.45) is -3.60. The predicted molar refractivity (Wildman–Crippen MR) is 123 cm³/mol. The fourth-order valence-corrected chi connectivity index (χ4v) is 3.37. The molecule has 3 N–H and O–H groups in total. The second kappa shape index (κ2) is 13.3. The molecule has 1 aromatic heterocycles. The monoisotopic (exact) mass is 526 g/mol. The van der Waals surface area contributed by atoms with Gasteiger partial charge < -0.3 is 29.0 Å². The summed E-state index contributed by atoms with van der Waals surface area (Å²) in [7, 11) is 0. The van der Waals surface area contributed by atoms with Gasteiger partial charge in [-0.3, -0.25) is 39.8 Å². The largest absolute Gasteiger partial charge is 0.463 e. The lowest BCUT2D eigenvalue weighted by atomic mass is 9.97. The Bertz CT molecular complexity index is 992. The van der Waals surface area contributed by atoms with Gasteiger partial charge in [0, 0.05) is 45.7 Å². The van der Waals surface area contributed by atoms with Gasteiger partial charge in [-0.25, -0.2) is 0 Å². The first-order chi connectivity index (χ1) is 17.0. The minimum Gasteiger partial charge on any atom is -0.463 e. The van der Waals surface area contributed by atoms with Crippen molar-refractivity contribution in [2.24, 2.45) is 0 Å². The van der Waals surface area contributed by atoms with Crippen LogP contribution in [0.4, 0.5) is 0 Å². The minimum atomic E-state index is -1.36. The zero-order valence-corrected chi connectivity index (χ0v) is 20.7. The Balaban J connectivity index is 2.26. The normalized spacial score (nSPS) is 22.8. The first kappa shape index (κ1) is 28.4. The van der Waals surface area contributed by atoms with E-state index in [0.717, 1.165) is 27.7 Å². The van der Waals surface area contributed by atoms with Crippen LogP contribution in [0.15, 0.2) is 24.5 Å². The van der Waals surface area contributed by atoms with Crippen molar-refractivity contribution in [2.45, 2.75) is 58.3 Å². The molecule has 0 spiro atoms. The van der Waals surface area contributed by atoms with E-state index in [-0.39, 0.29) is 5.11 Å². The van der Waals surface area contributed by atoms with Crippen LogP contribution in [0.1, 0.15) is 38.1 Å². The smallest absolute Gasteiger partial charge is 0.303 e. The average molecular weight is 527 g/mol. The van der Waals surface area contributed by atoms with Crippen LogP contribution in [-0.2, 0) is 42.9 Å². The van der Waals surface area contributed by atoms with E-state index in [9.17, 15) is 24.0 Å². The number of hydrogen-bond acceptors (Lipinski definition) is 12. The quantitative estimate of drug-likeness (QED) is 0.175. The van der Waals surface area contributed by atoms with Gasteiger partial charge in [-0.2, -0.15) is 0 Å². The summed E-state index contributed by atoms with van der Waals surface area (Å²) in [6.45, 7) is 4.10. The van der Waals surface area contributed by atoms with E-state index < -0.39 is 67.0 Å². The lowest BCUT2D eigenvalue weighted by molar-refractivity contribution is -0.254. The number of pyridine rings is 1. The van der Waals surface area contributed by atoms with Crippen LogP contribution >= 0.6 is 12.2 Å². The number of carbonyl (C=O) groups is 5. The van der Waals surface area contributed by atoms with Crippen molar-refractivity contribution >= 4 is 47.1 Å². The van der Waals surface area contributed by atoms with Crippen molar-refractivity contribution in [3.8, 4) is 0 Å². The summed E-state index contributed by atoms with van der Waals surface area (Å²) >= 11 is 5.19. The first-order valence-electron chi connectivity index (χ1n) is 10.5. The van der Waals surface area contributed by atoms with Crippen LogP contribution in [-0.4, -0.2) is 77.1 Å². The van der Waals surface area contributed by atoms with Crippen molar-refractivity contribution in [2.75, 3.05) is 6.61 Å². The minimum absolute atomic E-state index is 0.168. The van der Waals surface area contributed by atoms with Crippen LogP contribution < -0.4 is 16.2 Å². The zero-order valence-electron chi connectivity index (χ0n) is 19.8. The van der Waals surface area contributed by atoms with Gasteiger partial charge in [-0.15, -0.1) is 0 Å². The van der Waals surface area contributed by atoms with Crippen molar-refractivity contribution in [1.29, 1.82) is 0 Å². The average Bonchev–Trinajstić information content (AvgIpc) is 2.79. The maximum atomic E-state index is 12.2. The molecule has 3 unspecified atom stereocenters. The molecule has 1 saturated heterocycles. The molecule has 196 valence electrons. The molecule has 0 bridgehead atoms. The SMILES string of the molecule is CC(=O)OCC1O[C@H](NC(=S)NNC(=O)c2ccncc2)C(OC(C)=O)C(OC(C)=O)[C@H]1OC(C)=O. The summed E-state index contributed by atoms with van der Waals surface area (Å²) in [5.74, 6) is -3.46. The Morgan fingerprint density at radius 1 is 0.861 bits per heavy atom. The van der Waals surface area contributed by atoms with Crippen LogP contribution in [0, 0.1) is 0 Å². The molecule has 0 aliphatic carbocycles. The standard InChI is InChI=1S/C21H26N4O10S/c1-10(26)31-9-15-16(32-11(2)27)17(33-12(3)28)18(34-13(4)29)20(35-15)23-21(36)25-24-19(30)14-5-7-22-8-6-14/h5-8,15-18,20H,9H2,1-4H3,(H,24,30)(H2,23,25,36)/t15?,16-,17?,18?,20-/m0/s1. The topological polar surface area (TPSA) is 180 Å². The van der Waals surface area contributed by atoms with Crippen molar-refractivity contribution in [3.05, 3.63) is 30.1 Å². The molecule has 14 nitrogen and oxygen atoms in total. The van der Waals surface area contributed by atoms with E-state index in [1.165, 1.54) is 24.5 Å². The number of esters is 4. The number of amides is 1. The second-order valence-electron chi connectivity index (χ2n) is 7.41. The summed E-state index contributed by atoms with van der Waals surface area (Å²) in [5, 5.41) is 2.53. The van der Waals surface area contributed by atoms with Gasteiger partial charge in [-0.05, 0) is 24.4 Å². The molecule has 0 saturated carbocycles. The van der Waals surface area contributed by atoms with Crippen LogP contribution in [0.2, 0.25) is 0 Å². The fourth-order valence-electron chi connectivity index (χ4n) is 3.20. The lowest BCUT2D eigenvalue weighted by Crippen LogP contribution is -2.67. The van der Waals surface area contributed by atoms with Gasteiger partial charge in [0.2, 0.25) is 0 Å². The third-order valence-corrected chi connectivity index (χ3v) is 4.72. The molecule has 15 heteroatoms. The van der Waals surface area contributed by atoms with E-state index >= 15 is 0 Å². The molecule has 1 aliphatic rings. The third-order valence-electron chi connectivity index (χ3n) is 4.50. The van der Waals surface area contributed by atoms with E-state index in [4.69, 9.17) is 35.9 Å². The Hall–Kier alpha value is -3.85. The van der Waals surface area contributed by atoms with Gasteiger partial charge in [0.25, 0.3) is 5.91 Å². The molecular weight excluding hydrogens is 500 g/mol. The van der Waals surface area contributed by atoms with Crippen LogP contribution in [0.3, 0.4) is 0 Å². The second-order valence-corrected chi connectivity index (χ2v) is 7.82. The molecule has 2 heterocycles. The molecule has 5 atom stereocenters. The van der Waals surface area contributed by atoms with Gasteiger partial charge >= 0.3 is 23.9 Å². The van der Waals surface area contributed by atoms with E-state index in [0.29, 0.717) is 5.56 Å². The third kappa shape index (κ3) is 8.74. The molecule has 0 aromatic carbocycles. The Morgan fingerprint density at radius 2 is 1.42 bits per heavy atom. The summed E-state index contributed by atoms with van der Waals surface area (Å²) < 4.78 is 26.8. The van der Waals surface area contributed by atoms with Gasteiger partial charge in [0.05, 0.1) is 0 Å². The van der Waals surface area contributed by atoms with Crippen molar-refractivity contribution in [3.63, 3.8) is 0 Å².